The highest BCUT2D eigenvalue weighted by atomic mass is 16.2. The van der Waals surface area contributed by atoms with Gasteiger partial charge in [0.2, 0.25) is 5.82 Å². The van der Waals surface area contributed by atoms with Crippen molar-refractivity contribution >= 4 is 23.0 Å². The van der Waals surface area contributed by atoms with Crippen molar-refractivity contribution in [3.05, 3.63) is 65.7 Å². The van der Waals surface area contributed by atoms with E-state index < -0.39 is 0 Å². The molecule has 0 bridgehead atoms. The van der Waals surface area contributed by atoms with Crippen LogP contribution in [-0.2, 0) is 6.42 Å². The van der Waals surface area contributed by atoms with E-state index in [1.165, 1.54) is 5.56 Å². The Hall–Kier alpha value is -3.15. The number of imidazole rings is 1. The van der Waals surface area contributed by atoms with Crippen LogP contribution < -0.4 is 10.6 Å². The molecule has 0 aliphatic carbocycles. The topological polar surface area (TPSA) is 75.5 Å². The second-order valence-corrected chi connectivity index (χ2v) is 6.53. The largest absolute Gasteiger partial charge is 0.347 e. The summed E-state index contributed by atoms with van der Waals surface area (Å²) in [6, 6.07) is 13.1. The molecule has 6 nitrogen and oxygen atoms in total. The second-order valence-electron chi connectivity index (χ2n) is 6.53. The first-order chi connectivity index (χ1) is 13.0. The maximum atomic E-state index is 12.8. The number of pyridine rings is 1. The van der Waals surface area contributed by atoms with E-state index in [1.807, 2.05) is 44.2 Å². The van der Waals surface area contributed by atoms with Gasteiger partial charge in [-0.2, -0.15) is 0 Å². The van der Waals surface area contributed by atoms with Crippen molar-refractivity contribution in [2.24, 2.45) is 0 Å². The van der Waals surface area contributed by atoms with Crippen LogP contribution in [0.25, 0.3) is 5.52 Å². The average molecular weight is 364 g/mol. The number of anilines is 1. The van der Waals surface area contributed by atoms with Crippen molar-refractivity contribution in [3.63, 3.8) is 0 Å². The predicted molar refractivity (Wildman–Crippen MR) is 106 cm³/mol. The Morgan fingerprint density at radius 1 is 1.07 bits per heavy atom. The summed E-state index contributed by atoms with van der Waals surface area (Å²) in [4.78, 5) is 29.7. The fourth-order valence-corrected chi connectivity index (χ4v) is 2.77. The molecule has 2 amide bonds. The molecule has 140 valence electrons. The van der Waals surface area contributed by atoms with Crippen LogP contribution in [-0.4, -0.2) is 27.2 Å². The van der Waals surface area contributed by atoms with E-state index in [1.54, 1.807) is 22.7 Å². The van der Waals surface area contributed by atoms with Gasteiger partial charge in [0.05, 0.1) is 5.52 Å². The number of aryl methyl sites for hydroxylation is 1. The molecule has 0 radical (unpaired) electrons. The minimum Gasteiger partial charge on any atom is -0.347 e. The van der Waals surface area contributed by atoms with Crippen LogP contribution >= 0.6 is 0 Å². The number of carbonyl (C=O) groups excluding carboxylic acids is 2. The summed E-state index contributed by atoms with van der Waals surface area (Å²) in [6.45, 7) is 6.01. The Morgan fingerprint density at radius 2 is 1.81 bits per heavy atom. The van der Waals surface area contributed by atoms with E-state index in [0.29, 0.717) is 11.2 Å². The molecule has 3 aromatic rings. The molecule has 0 fully saturated rings. The molecule has 0 aliphatic rings. The Labute approximate surface area is 158 Å². The molecule has 2 aromatic heterocycles. The Balaban J connectivity index is 1.91. The van der Waals surface area contributed by atoms with Crippen LogP contribution in [0, 0.1) is 0 Å². The van der Waals surface area contributed by atoms with Gasteiger partial charge in [0.1, 0.15) is 0 Å². The average Bonchev–Trinajstić information content (AvgIpc) is 3.08. The summed E-state index contributed by atoms with van der Waals surface area (Å²) in [6.07, 6.45) is 3.49. The summed E-state index contributed by atoms with van der Waals surface area (Å²) in [5.41, 5.74) is 2.71. The lowest BCUT2D eigenvalue weighted by Gasteiger charge is -2.10. The molecule has 1 atom stereocenters. The molecule has 2 N–H and O–H groups in total. The minimum atomic E-state index is -0.342. The van der Waals surface area contributed by atoms with Gasteiger partial charge in [-0.3, -0.25) is 14.0 Å². The summed E-state index contributed by atoms with van der Waals surface area (Å²) in [5.74, 6) is -0.431. The number of amides is 2. The van der Waals surface area contributed by atoms with Crippen molar-refractivity contribution in [3.8, 4) is 0 Å². The van der Waals surface area contributed by atoms with Crippen molar-refractivity contribution in [2.45, 2.75) is 39.7 Å². The maximum Gasteiger partial charge on any atom is 0.287 e. The quantitative estimate of drug-likeness (QED) is 0.701. The van der Waals surface area contributed by atoms with E-state index in [9.17, 15) is 9.59 Å². The standard InChI is InChI=1S/C21H24N4O2/c1-4-14(3)22-21(27)19-24-18(17-8-6-7-13-25(17)19)20(26)23-16-11-9-15(5-2)10-12-16/h6-14H,4-5H2,1-3H3,(H,22,27)(H,23,26). The van der Waals surface area contributed by atoms with Crippen LogP contribution in [0.15, 0.2) is 48.7 Å². The van der Waals surface area contributed by atoms with E-state index in [0.717, 1.165) is 12.8 Å². The third-order valence-electron chi connectivity index (χ3n) is 4.58. The number of nitrogens with zero attached hydrogens (tertiary/aromatic N) is 2. The van der Waals surface area contributed by atoms with Gasteiger partial charge in [-0.05, 0) is 49.6 Å². The number of aromatic nitrogens is 2. The van der Waals surface area contributed by atoms with E-state index in [4.69, 9.17) is 0 Å². The van der Waals surface area contributed by atoms with Crippen LogP contribution in [0.4, 0.5) is 5.69 Å². The van der Waals surface area contributed by atoms with Crippen LogP contribution in [0.3, 0.4) is 0 Å². The SMILES string of the molecule is CCc1ccc(NC(=O)c2nc(C(=O)NC(C)CC)n3ccccc23)cc1. The highest BCUT2D eigenvalue weighted by Gasteiger charge is 2.22. The summed E-state index contributed by atoms with van der Waals surface area (Å²) in [5, 5.41) is 5.76. The van der Waals surface area contributed by atoms with Gasteiger partial charge in [-0.15, -0.1) is 0 Å². The lowest BCUT2D eigenvalue weighted by Crippen LogP contribution is -2.33. The fraction of sp³-hybridized carbons (Fsp3) is 0.286. The third-order valence-corrected chi connectivity index (χ3v) is 4.58. The Kier molecular flexibility index (Phi) is 5.54. The minimum absolute atomic E-state index is 0.0305. The van der Waals surface area contributed by atoms with E-state index >= 15 is 0 Å². The zero-order valence-electron chi connectivity index (χ0n) is 15.8. The first kappa shape index (κ1) is 18.6. The van der Waals surface area contributed by atoms with Gasteiger partial charge < -0.3 is 10.6 Å². The molecule has 2 heterocycles. The third kappa shape index (κ3) is 4.00. The molecule has 0 aliphatic heterocycles. The zero-order valence-corrected chi connectivity index (χ0v) is 15.8. The number of nitrogens with one attached hydrogen (secondary N) is 2. The van der Waals surface area contributed by atoms with Crippen molar-refractivity contribution < 1.29 is 9.59 Å². The van der Waals surface area contributed by atoms with Crippen LogP contribution in [0.1, 0.15) is 53.9 Å². The van der Waals surface area contributed by atoms with E-state index in [2.05, 4.69) is 22.5 Å². The molecular weight excluding hydrogens is 340 g/mol. The predicted octanol–water partition coefficient (Wildman–Crippen LogP) is 3.68. The van der Waals surface area contributed by atoms with Gasteiger partial charge in [0.25, 0.3) is 11.8 Å². The molecule has 0 saturated carbocycles. The summed E-state index contributed by atoms with van der Waals surface area (Å²) < 4.78 is 1.65. The molecule has 3 rings (SSSR count). The normalized spacial score (nSPS) is 12.0. The van der Waals surface area contributed by atoms with Crippen LogP contribution in [0.2, 0.25) is 0 Å². The Bertz CT molecular complexity index is 960. The summed E-state index contributed by atoms with van der Waals surface area (Å²) >= 11 is 0. The highest BCUT2D eigenvalue weighted by molar-refractivity contribution is 6.08. The lowest BCUT2D eigenvalue weighted by atomic mass is 10.1. The van der Waals surface area contributed by atoms with E-state index in [-0.39, 0.29) is 29.4 Å². The smallest absolute Gasteiger partial charge is 0.287 e. The Morgan fingerprint density at radius 3 is 2.48 bits per heavy atom. The molecule has 0 spiro atoms. The first-order valence-corrected chi connectivity index (χ1v) is 9.21. The number of hydrogen-bond acceptors (Lipinski definition) is 3. The lowest BCUT2D eigenvalue weighted by molar-refractivity contribution is 0.0928. The fourth-order valence-electron chi connectivity index (χ4n) is 2.77. The van der Waals surface area contributed by atoms with Crippen molar-refractivity contribution in [1.29, 1.82) is 0 Å². The number of fused-ring (bicyclic) bond motifs is 1. The van der Waals surface area contributed by atoms with Crippen molar-refractivity contribution in [1.82, 2.24) is 14.7 Å². The molecule has 0 saturated heterocycles. The van der Waals surface area contributed by atoms with Gasteiger partial charge in [0.15, 0.2) is 5.69 Å². The molecule has 6 heteroatoms. The highest BCUT2D eigenvalue weighted by Crippen LogP contribution is 2.17. The van der Waals surface area contributed by atoms with Crippen LogP contribution in [0.5, 0.6) is 0 Å². The first-order valence-electron chi connectivity index (χ1n) is 9.21. The van der Waals surface area contributed by atoms with Gasteiger partial charge >= 0.3 is 0 Å². The molecule has 27 heavy (non-hydrogen) atoms. The second kappa shape index (κ2) is 8.03. The number of benzene rings is 1. The molecule has 1 unspecified atom stereocenters. The number of hydrogen-bond donors (Lipinski definition) is 2. The molecular formula is C21H24N4O2. The van der Waals surface area contributed by atoms with Gasteiger partial charge in [-0.1, -0.05) is 32.0 Å². The monoisotopic (exact) mass is 364 g/mol. The summed E-state index contributed by atoms with van der Waals surface area (Å²) in [7, 11) is 0. The van der Waals surface area contributed by atoms with Gasteiger partial charge in [-0.25, -0.2) is 4.98 Å². The van der Waals surface area contributed by atoms with Gasteiger partial charge in [0, 0.05) is 17.9 Å². The number of carbonyl (C=O) groups is 2. The van der Waals surface area contributed by atoms with Crippen molar-refractivity contribution in [2.75, 3.05) is 5.32 Å². The maximum absolute atomic E-state index is 12.8. The zero-order chi connectivity index (χ0) is 19.4. The molecule has 1 aromatic carbocycles. The number of rotatable bonds is 6.